The summed E-state index contributed by atoms with van der Waals surface area (Å²) in [4.78, 5) is 25.9. The molecule has 0 aliphatic rings. The van der Waals surface area contributed by atoms with Crippen molar-refractivity contribution in [1.82, 2.24) is 10.3 Å². The quantitative estimate of drug-likeness (QED) is 0.591. The number of amides is 1. The van der Waals surface area contributed by atoms with Crippen LogP contribution in [0, 0.1) is 0 Å². The number of carboxylic acids is 1. The van der Waals surface area contributed by atoms with E-state index in [1.807, 2.05) is 0 Å². The number of rotatable bonds is 7. The van der Waals surface area contributed by atoms with E-state index in [4.69, 9.17) is 28.3 Å². The van der Waals surface area contributed by atoms with Crippen LogP contribution in [0.2, 0.25) is 10.2 Å². The Morgan fingerprint density at radius 3 is 2.75 bits per heavy atom. The molecule has 0 saturated heterocycles. The molecule has 0 bridgehead atoms. The van der Waals surface area contributed by atoms with Crippen LogP contribution in [-0.4, -0.2) is 33.8 Å². The fourth-order valence-corrected chi connectivity index (χ4v) is 2.81. The van der Waals surface area contributed by atoms with Crippen LogP contribution in [0.25, 0.3) is 0 Å². The summed E-state index contributed by atoms with van der Waals surface area (Å²) in [7, 11) is 0. The Bertz CT molecular complexity index is 500. The zero-order valence-corrected chi connectivity index (χ0v) is 13.1. The molecule has 1 atom stereocenters. The van der Waals surface area contributed by atoms with E-state index in [9.17, 15) is 9.59 Å². The summed E-state index contributed by atoms with van der Waals surface area (Å²) in [6.07, 6.45) is 0.331. The lowest BCUT2D eigenvalue weighted by Gasteiger charge is -2.12. The molecule has 5 nitrogen and oxygen atoms in total. The number of carbonyl (C=O) groups is 2. The Morgan fingerprint density at radius 1 is 1.45 bits per heavy atom. The highest BCUT2D eigenvalue weighted by Crippen LogP contribution is 2.22. The van der Waals surface area contributed by atoms with Gasteiger partial charge in [0.25, 0.3) is 0 Å². The maximum absolute atomic E-state index is 10.9. The first kappa shape index (κ1) is 17.1. The van der Waals surface area contributed by atoms with Crippen LogP contribution >= 0.6 is 35.0 Å². The molecule has 0 radical (unpaired) electrons. The van der Waals surface area contributed by atoms with E-state index in [-0.39, 0.29) is 5.91 Å². The van der Waals surface area contributed by atoms with Crippen LogP contribution in [0.1, 0.15) is 19.0 Å². The summed E-state index contributed by atoms with van der Waals surface area (Å²) in [5.74, 6) is -0.310. The highest BCUT2D eigenvalue weighted by atomic mass is 35.5. The van der Waals surface area contributed by atoms with Gasteiger partial charge in [0.2, 0.25) is 5.91 Å². The molecule has 2 N–H and O–H groups in total. The highest BCUT2D eigenvalue weighted by molar-refractivity contribution is 7.98. The second-order valence-electron chi connectivity index (χ2n) is 4.00. The van der Waals surface area contributed by atoms with Crippen LogP contribution in [-0.2, 0) is 15.3 Å². The maximum atomic E-state index is 10.9. The van der Waals surface area contributed by atoms with Gasteiger partial charge in [0.1, 0.15) is 11.2 Å². The molecule has 1 unspecified atom stereocenters. The minimum atomic E-state index is -1.04. The molecule has 1 aromatic rings. The smallest absolute Gasteiger partial charge is 0.326 e. The molecular weight excluding hydrogens is 323 g/mol. The predicted octanol–water partition coefficient (Wildman–Crippen LogP) is 2.60. The van der Waals surface area contributed by atoms with Gasteiger partial charge in [-0.2, -0.15) is 11.8 Å². The van der Waals surface area contributed by atoms with Crippen molar-refractivity contribution in [3.63, 3.8) is 0 Å². The van der Waals surface area contributed by atoms with Crippen LogP contribution in [0.5, 0.6) is 0 Å². The fraction of sp³-hybridized carbons (Fsp3) is 0.417. The second kappa shape index (κ2) is 8.34. The lowest BCUT2D eigenvalue weighted by atomic mass is 10.2. The van der Waals surface area contributed by atoms with E-state index in [2.05, 4.69) is 10.3 Å². The third-order valence-electron chi connectivity index (χ3n) is 2.35. The SMILES string of the molecule is CC(=O)NC(CCSCc1nc(Cl)ccc1Cl)C(=O)O. The maximum Gasteiger partial charge on any atom is 0.326 e. The number of aliphatic carboxylic acids is 1. The first-order valence-electron chi connectivity index (χ1n) is 5.78. The van der Waals surface area contributed by atoms with Crippen molar-refractivity contribution >= 4 is 46.8 Å². The Morgan fingerprint density at radius 2 is 2.15 bits per heavy atom. The van der Waals surface area contributed by atoms with Crippen LogP contribution in [0.3, 0.4) is 0 Å². The molecular formula is C12H14Cl2N2O3S. The molecule has 0 aliphatic heterocycles. The minimum absolute atomic E-state index is 0.331. The Hall–Kier alpha value is -0.980. The summed E-state index contributed by atoms with van der Waals surface area (Å²) < 4.78 is 0. The molecule has 110 valence electrons. The number of thioether (sulfide) groups is 1. The molecule has 1 amide bonds. The normalized spacial score (nSPS) is 11.9. The number of carboxylic acid groups (broad SMARTS) is 1. The van der Waals surface area contributed by atoms with Crippen LogP contribution < -0.4 is 5.32 Å². The number of aromatic nitrogens is 1. The molecule has 0 aromatic carbocycles. The average molecular weight is 337 g/mol. The van der Waals surface area contributed by atoms with Gasteiger partial charge < -0.3 is 10.4 Å². The fourth-order valence-electron chi connectivity index (χ4n) is 1.43. The van der Waals surface area contributed by atoms with Gasteiger partial charge in [-0.1, -0.05) is 23.2 Å². The molecule has 0 aliphatic carbocycles. The van der Waals surface area contributed by atoms with Crippen molar-refractivity contribution in [2.45, 2.75) is 25.1 Å². The zero-order valence-electron chi connectivity index (χ0n) is 10.7. The number of pyridine rings is 1. The lowest BCUT2D eigenvalue weighted by Crippen LogP contribution is -2.39. The van der Waals surface area contributed by atoms with Gasteiger partial charge in [0.05, 0.1) is 10.7 Å². The monoisotopic (exact) mass is 336 g/mol. The standard InChI is InChI=1S/C12H14Cl2N2O3S/c1-7(17)15-9(12(18)19)4-5-20-6-10-8(13)2-3-11(14)16-10/h2-3,9H,4-6H2,1H3,(H,15,17)(H,18,19). The Balaban J connectivity index is 2.42. The molecule has 8 heteroatoms. The van der Waals surface area contributed by atoms with Crippen molar-refractivity contribution in [2.24, 2.45) is 0 Å². The van der Waals surface area contributed by atoms with Gasteiger partial charge in [-0.3, -0.25) is 4.79 Å². The molecule has 1 aromatic heterocycles. The highest BCUT2D eigenvalue weighted by Gasteiger charge is 2.17. The molecule has 0 spiro atoms. The molecule has 20 heavy (non-hydrogen) atoms. The van der Waals surface area contributed by atoms with E-state index >= 15 is 0 Å². The summed E-state index contributed by atoms with van der Waals surface area (Å²) in [5, 5.41) is 12.2. The minimum Gasteiger partial charge on any atom is -0.480 e. The van der Waals surface area contributed by atoms with Crippen molar-refractivity contribution < 1.29 is 14.7 Å². The Labute approximate surface area is 131 Å². The number of nitrogens with one attached hydrogen (secondary N) is 1. The van der Waals surface area contributed by atoms with Gasteiger partial charge in [-0.15, -0.1) is 0 Å². The predicted molar refractivity (Wildman–Crippen MR) is 80.3 cm³/mol. The molecule has 0 fully saturated rings. The topological polar surface area (TPSA) is 79.3 Å². The molecule has 1 heterocycles. The summed E-state index contributed by atoms with van der Waals surface area (Å²) >= 11 is 13.2. The number of nitrogens with zero attached hydrogens (tertiary/aromatic N) is 1. The van der Waals surface area contributed by atoms with Gasteiger partial charge in [0.15, 0.2) is 0 Å². The number of halogens is 2. The number of hydrogen-bond acceptors (Lipinski definition) is 4. The van der Waals surface area contributed by atoms with Crippen molar-refractivity contribution in [3.8, 4) is 0 Å². The van der Waals surface area contributed by atoms with E-state index in [1.54, 1.807) is 12.1 Å². The Kier molecular flexibility index (Phi) is 7.12. The summed E-state index contributed by atoms with van der Waals surface area (Å²) in [6, 6.07) is 2.40. The first-order chi connectivity index (χ1) is 9.40. The number of hydrogen-bond donors (Lipinski definition) is 2. The van der Waals surface area contributed by atoms with Gasteiger partial charge in [0, 0.05) is 12.7 Å². The molecule has 0 saturated carbocycles. The molecule has 1 rings (SSSR count). The first-order valence-corrected chi connectivity index (χ1v) is 7.69. The van der Waals surface area contributed by atoms with E-state index in [1.165, 1.54) is 18.7 Å². The van der Waals surface area contributed by atoms with Gasteiger partial charge in [-0.05, 0) is 24.3 Å². The van der Waals surface area contributed by atoms with Gasteiger partial charge >= 0.3 is 5.97 Å². The third kappa shape index (κ3) is 5.98. The van der Waals surface area contributed by atoms with E-state index in [0.717, 1.165) is 0 Å². The largest absolute Gasteiger partial charge is 0.480 e. The van der Waals surface area contributed by atoms with Crippen molar-refractivity contribution in [1.29, 1.82) is 0 Å². The average Bonchev–Trinajstić information content (AvgIpc) is 2.36. The van der Waals surface area contributed by atoms with Crippen LogP contribution in [0.15, 0.2) is 12.1 Å². The van der Waals surface area contributed by atoms with E-state index < -0.39 is 12.0 Å². The third-order valence-corrected chi connectivity index (χ3v) is 3.91. The van der Waals surface area contributed by atoms with Crippen LogP contribution in [0.4, 0.5) is 0 Å². The van der Waals surface area contributed by atoms with Crippen molar-refractivity contribution in [2.75, 3.05) is 5.75 Å². The van der Waals surface area contributed by atoms with E-state index in [0.29, 0.717) is 33.8 Å². The zero-order chi connectivity index (χ0) is 15.1. The van der Waals surface area contributed by atoms with Crippen molar-refractivity contribution in [3.05, 3.63) is 28.0 Å². The van der Waals surface area contributed by atoms with Gasteiger partial charge in [-0.25, -0.2) is 9.78 Å². The summed E-state index contributed by atoms with van der Waals surface area (Å²) in [5.41, 5.74) is 0.663. The lowest BCUT2D eigenvalue weighted by molar-refractivity contribution is -0.141. The second-order valence-corrected chi connectivity index (χ2v) is 5.89. The summed E-state index contributed by atoms with van der Waals surface area (Å²) in [6.45, 7) is 1.29. The number of carbonyl (C=O) groups excluding carboxylic acids is 1.